The van der Waals surface area contributed by atoms with E-state index in [1.165, 1.54) is 0 Å². The van der Waals surface area contributed by atoms with E-state index >= 15 is 0 Å². The van der Waals surface area contributed by atoms with Gasteiger partial charge in [-0.2, -0.15) is 0 Å². The first kappa shape index (κ1) is 18.7. The van der Waals surface area contributed by atoms with Gasteiger partial charge in [-0.25, -0.2) is 0 Å². The second-order valence-corrected chi connectivity index (χ2v) is 8.43. The van der Waals surface area contributed by atoms with Crippen LogP contribution in [-0.4, -0.2) is 5.91 Å². The molecule has 146 valence electrons. The van der Waals surface area contributed by atoms with Gasteiger partial charge in [0.2, 0.25) is 5.91 Å². The third-order valence-electron chi connectivity index (χ3n) is 5.46. The molecule has 0 aromatic heterocycles. The summed E-state index contributed by atoms with van der Waals surface area (Å²) < 4.78 is 0. The number of hydrogen-bond acceptors (Lipinski definition) is 2. The second-order valence-electron chi connectivity index (χ2n) is 7.34. The third-order valence-corrected chi connectivity index (χ3v) is 6.59. The Morgan fingerprint density at radius 2 is 1.07 bits per heavy atom. The maximum atomic E-state index is 13.8. The quantitative estimate of drug-likeness (QED) is 0.362. The minimum Gasteiger partial charge on any atom is -0.279 e. The van der Waals surface area contributed by atoms with E-state index in [-0.39, 0.29) is 11.8 Å². The molecule has 0 unspecified atom stereocenters. The first-order chi connectivity index (χ1) is 14.8. The fourth-order valence-electron chi connectivity index (χ4n) is 4.04. The molecule has 1 amide bonds. The van der Waals surface area contributed by atoms with E-state index in [2.05, 4.69) is 36.4 Å². The molecule has 30 heavy (non-hydrogen) atoms. The van der Waals surface area contributed by atoms with E-state index in [9.17, 15) is 4.79 Å². The Morgan fingerprint density at radius 1 is 0.633 bits per heavy atom. The number of carbonyl (C=O) groups excluding carboxylic acids is 1. The molecule has 1 heterocycles. The van der Waals surface area contributed by atoms with Crippen LogP contribution in [0.25, 0.3) is 0 Å². The van der Waals surface area contributed by atoms with E-state index in [0.29, 0.717) is 6.42 Å². The van der Waals surface area contributed by atoms with Gasteiger partial charge in [-0.05, 0) is 35.4 Å². The summed E-state index contributed by atoms with van der Waals surface area (Å²) in [5.41, 5.74) is 4.24. The molecule has 0 radical (unpaired) electrons. The van der Waals surface area contributed by atoms with Gasteiger partial charge < -0.3 is 0 Å². The van der Waals surface area contributed by atoms with E-state index in [1.54, 1.807) is 11.8 Å². The summed E-state index contributed by atoms with van der Waals surface area (Å²) >= 11 is 1.72. The number of carbonyl (C=O) groups is 1. The van der Waals surface area contributed by atoms with E-state index in [0.717, 1.165) is 32.3 Å². The maximum absolute atomic E-state index is 13.8. The van der Waals surface area contributed by atoms with Gasteiger partial charge in [0.25, 0.3) is 0 Å². The average Bonchev–Trinajstić information content (AvgIpc) is 2.82. The fourth-order valence-corrected chi connectivity index (χ4v) is 5.10. The molecular formula is C27H21NOS. The molecule has 0 bridgehead atoms. The molecule has 0 atom stereocenters. The topological polar surface area (TPSA) is 20.3 Å². The van der Waals surface area contributed by atoms with Crippen molar-refractivity contribution in [3.8, 4) is 0 Å². The van der Waals surface area contributed by atoms with Crippen LogP contribution in [0.1, 0.15) is 23.5 Å². The number of amides is 1. The molecule has 0 fully saturated rings. The predicted molar refractivity (Wildman–Crippen MR) is 123 cm³/mol. The molecule has 3 heteroatoms. The standard InChI is InChI=1S/C27H21NOS/c29-27(19-22(20-11-3-1-4-12-20)21-13-5-2-6-14-21)28-23-15-7-9-17-25(23)30-26-18-10-8-16-24(26)28/h1-18,22H,19H2. The molecule has 4 aromatic carbocycles. The number of nitrogens with zero attached hydrogens (tertiary/aromatic N) is 1. The smallest absolute Gasteiger partial charge is 0.232 e. The van der Waals surface area contributed by atoms with E-state index in [1.807, 2.05) is 77.7 Å². The maximum Gasteiger partial charge on any atom is 0.232 e. The summed E-state index contributed by atoms with van der Waals surface area (Å²) in [6, 6.07) is 36.9. The number of rotatable bonds is 4. The highest BCUT2D eigenvalue weighted by molar-refractivity contribution is 7.99. The van der Waals surface area contributed by atoms with Gasteiger partial charge in [-0.15, -0.1) is 0 Å². The van der Waals surface area contributed by atoms with Gasteiger partial charge in [0.1, 0.15) is 0 Å². The summed E-state index contributed by atoms with van der Waals surface area (Å²) in [5.74, 6) is 0.113. The molecule has 0 spiro atoms. The second kappa shape index (κ2) is 8.21. The van der Waals surface area contributed by atoms with Crippen LogP contribution >= 0.6 is 11.8 Å². The van der Waals surface area contributed by atoms with E-state index < -0.39 is 0 Å². The lowest BCUT2D eigenvalue weighted by molar-refractivity contribution is -0.118. The van der Waals surface area contributed by atoms with Gasteiger partial charge in [-0.1, -0.05) is 96.7 Å². The molecule has 0 saturated carbocycles. The first-order valence-corrected chi connectivity index (χ1v) is 10.9. The monoisotopic (exact) mass is 407 g/mol. The van der Waals surface area contributed by atoms with Crippen LogP contribution in [0.4, 0.5) is 11.4 Å². The lowest BCUT2D eigenvalue weighted by Crippen LogP contribution is -2.29. The Kier molecular flexibility index (Phi) is 5.12. The summed E-state index contributed by atoms with van der Waals surface area (Å²) in [7, 11) is 0. The Hall–Kier alpha value is -3.30. The molecular weight excluding hydrogens is 386 g/mol. The number of benzene rings is 4. The normalized spacial score (nSPS) is 12.4. The van der Waals surface area contributed by atoms with Crippen molar-refractivity contribution in [1.29, 1.82) is 0 Å². The zero-order valence-electron chi connectivity index (χ0n) is 16.4. The summed E-state index contributed by atoms with van der Waals surface area (Å²) in [6.45, 7) is 0. The Morgan fingerprint density at radius 3 is 1.57 bits per heavy atom. The molecule has 0 aliphatic carbocycles. The van der Waals surface area contributed by atoms with Crippen molar-refractivity contribution in [3.63, 3.8) is 0 Å². The van der Waals surface area contributed by atoms with Crippen LogP contribution in [0.3, 0.4) is 0 Å². The zero-order chi connectivity index (χ0) is 20.3. The van der Waals surface area contributed by atoms with Crippen LogP contribution in [0.15, 0.2) is 119 Å². The molecule has 4 aromatic rings. The Labute approximate surface area is 181 Å². The van der Waals surface area contributed by atoms with Gasteiger partial charge in [0.15, 0.2) is 0 Å². The molecule has 2 nitrogen and oxygen atoms in total. The minimum absolute atomic E-state index is 0.00815. The van der Waals surface area contributed by atoms with Gasteiger partial charge in [0, 0.05) is 22.1 Å². The predicted octanol–water partition coefficient (Wildman–Crippen LogP) is 7.04. The average molecular weight is 408 g/mol. The van der Waals surface area contributed by atoms with Gasteiger partial charge in [-0.3, -0.25) is 9.69 Å². The molecule has 5 rings (SSSR count). The SMILES string of the molecule is O=C(CC(c1ccccc1)c1ccccc1)N1c2ccccc2Sc2ccccc21. The number of anilines is 2. The Balaban J connectivity index is 1.56. The summed E-state index contributed by atoms with van der Waals surface area (Å²) in [5, 5.41) is 0. The highest BCUT2D eigenvalue weighted by atomic mass is 32.2. The van der Waals surface area contributed by atoms with Crippen LogP contribution in [0, 0.1) is 0 Å². The summed E-state index contributed by atoms with van der Waals surface area (Å²) in [6.07, 6.45) is 0.404. The number of fused-ring (bicyclic) bond motifs is 2. The van der Waals surface area contributed by atoms with E-state index in [4.69, 9.17) is 0 Å². The fraction of sp³-hybridized carbons (Fsp3) is 0.0741. The summed E-state index contributed by atoms with van der Waals surface area (Å²) in [4.78, 5) is 17.9. The highest BCUT2D eigenvalue weighted by Crippen LogP contribution is 2.48. The lowest BCUT2D eigenvalue weighted by atomic mass is 9.88. The van der Waals surface area contributed by atoms with Gasteiger partial charge >= 0.3 is 0 Å². The molecule has 0 saturated heterocycles. The van der Waals surface area contributed by atoms with Crippen molar-refractivity contribution < 1.29 is 4.79 Å². The molecule has 1 aliphatic rings. The van der Waals surface area contributed by atoms with Crippen molar-refractivity contribution in [2.45, 2.75) is 22.1 Å². The van der Waals surface area contributed by atoms with Crippen molar-refractivity contribution in [3.05, 3.63) is 120 Å². The molecule has 1 aliphatic heterocycles. The first-order valence-electron chi connectivity index (χ1n) is 10.1. The highest BCUT2D eigenvalue weighted by Gasteiger charge is 2.30. The van der Waals surface area contributed by atoms with Crippen LogP contribution < -0.4 is 4.90 Å². The van der Waals surface area contributed by atoms with Crippen molar-refractivity contribution in [1.82, 2.24) is 0 Å². The van der Waals surface area contributed by atoms with Crippen molar-refractivity contribution >= 4 is 29.0 Å². The minimum atomic E-state index is 0.00815. The van der Waals surface area contributed by atoms with Crippen molar-refractivity contribution in [2.75, 3.05) is 4.90 Å². The molecule has 0 N–H and O–H groups in total. The van der Waals surface area contributed by atoms with Crippen molar-refractivity contribution in [2.24, 2.45) is 0 Å². The third kappa shape index (κ3) is 3.53. The van der Waals surface area contributed by atoms with Gasteiger partial charge in [0.05, 0.1) is 11.4 Å². The van der Waals surface area contributed by atoms with Crippen LogP contribution in [-0.2, 0) is 4.79 Å². The Bertz CT molecular complexity index is 1090. The number of para-hydroxylation sites is 2. The van der Waals surface area contributed by atoms with Crippen LogP contribution in [0.2, 0.25) is 0 Å². The lowest BCUT2D eigenvalue weighted by Gasteiger charge is -2.32. The zero-order valence-corrected chi connectivity index (χ0v) is 17.3. The number of hydrogen-bond donors (Lipinski definition) is 0. The van der Waals surface area contributed by atoms with Crippen LogP contribution in [0.5, 0.6) is 0 Å². The largest absolute Gasteiger partial charge is 0.279 e.